The average molecular weight is 580 g/mol. The molecule has 0 aromatic rings. The highest BCUT2D eigenvalue weighted by atomic mass is 16.6. The van der Waals surface area contributed by atoms with Crippen molar-refractivity contribution in [1.82, 2.24) is 5.32 Å². The Labute approximate surface area is 246 Å². The van der Waals surface area contributed by atoms with Crippen LogP contribution < -0.4 is 5.32 Å². The van der Waals surface area contributed by atoms with Crippen LogP contribution in [0.5, 0.6) is 0 Å². The first-order chi connectivity index (χ1) is 19.6. The van der Waals surface area contributed by atoms with Crippen LogP contribution in [0.3, 0.4) is 0 Å². The molecule has 0 aromatic carbocycles. The van der Waals surface area contributed by atoms with Gasteiger partial charge in [-0.15, -0.1) is 0 Å². The summed E-state index contributed by atoms with van der Waals surface area (Å²) in [5.41, 5.74) is 0.936. The Balaban J connectivity index is 1.82. The topological polar surface area (TPSA) is 135 Å². The fourth-order valence-electron chi connectivity index (χ4n) is 5.59. The zero-order valence-electron chi connectivity index (χ0n) is 25.4. The number of hydrogen-bond acceptors (Lipinski definition) is 8. The number of nitrogens with one attached hydrogen (secondary N) is 1. The molecule has 0 bridgehead atoms. The van der Waals surface area contributed by atoms with Crippen molar-refractivity contribution >= 4 is 11.7 Å². The van der Waals surface area contributed by atoms with Gasteiger partial charge in [0.1, 0.15) is 19.1 Å². The fourth-order valence-corrected chi connectivity index (χ4v) is 5.59. The summed E-state index contributed by atoms with van der Waals surface area (Å²) in [7, 11) is 0. The van der Waals surface area contributed by atoms with Crippen molar-refractivity contribution < 1.29 is 39.1 Å². The second kappa shape index (κ2) is 18.6. The molecule has 2 aliphatic rings. The molecule has 2 heterocycles. The summed E-state index contributed by atoms with van der Waals surface area (Å²) in [6.07, 6.45) is 9.62. The van der Waals surface area contributed by atoms with Gasteiger partial charge in [0.05, 0.1) is 24.4 Å². The van der Waals surface area contributed by atoms with Gasteiger partial charge in [0.15, 0.2) is 11.9 Å². The summed E-state index contributed by atoms with van der Waals surface area (Å²) in [4.78, 5) is 25.3. The van der Waals surface area contributed by atoms with E-state index < -0.39 is 43.3 Å². The van der Waals surface area contributed by atoms with E-state index >= 15 is 0 Å². The molecule has 9 atom stereocenters. The summed E-state index contributed by atoms with van der Waals surface area (Å²) in [6, 6.07) is 0. The first kappa shape index (κ1) is 35.3. The number of allylic oxidation sites excluding steroid dienone is 3. The van der Waals surface area contributed by atoms with Gasteiger partial charge in [0, 0.05) is 5.92 Å². The zero-order chi connectivity index (χ0) is 30.4. The number of carbonyl (C=O) groups is 2. The van der Waals surface area contributed by atoms with Gasteiger partial charge < -0.3 is 34.8 Å². The van der Waals surface area contributed by atoms with Crippen molar-refractivity contribution in [2.45, 2.75) is 135 Å². The van der Waals surface area contributed by atoms with Crippen LogP contribution in [0.4, 0.5) is 0 Å². The Hall–Kier alpha value is -1.88. The number of hydrogen-bond donors (Lipinski definition) is 4. The minimum Gasteiger partial charge on any atom is -0.393 e. The minimum absolute atomic E-state index is 0.0107. The van der Waals surface area contributed by atoms with Gasteiger partial charge in [-0.25, -0.2) is 0 Å². The summed E-state index contributed by atoms with van der Waals surface area (Å²) < 4.78 is 17.2. The summed E-state index contributed by atoms with van der Waals surface area (Å²) >= 11 is 0. The molecule has 234 valence electrons. The van der Waals surface area contributed by atoms with Crippen LogP contribution in [0.2, 0.25) is 0 Å². The molecule has 2 saturated heterocycles. The van der Waals surface area contributed by atoms with Gasteiger partial charge in [-0.05, 0) is 83.6 Å². The van der Waals surface area contributed by atoms with Crippen LogP contribution in [0.25, 0.3) is 0 Å². The van der Waals surface area contributed by atoms with Crippen molar-refractivity contribution in [1.29, 1.82) is 0 Å². The Morgan fingerprint density at radius 2 is 1.93 bits per heavy atom. The molecule has 2 rings (SSSR count). The predicted octanol–water partition coefficient (Wildman–Crippen LogP) is 4.10. The van der Waals surface area contributed by atoms with Crippen molar-refractivity contribution in [3.63, 3.8) is 0 Å². The molecule has 9 heteroatoms. The molecule has 1 amide bonds. The summed E-state index contributed by atoms with van der Waals surface area (Å²) in [5.74, 6) is -0.480. The number of aliphatic hydroxyl groups is 3. The first-order valence-corrected chi connectivity index (χ1v) is 15.3. The zero-order valence-corrected chi connectivity index (χ0v) is 25.4. The molecule has 2 aliphatic heterocycles. The SMILES string of the molecule is C=C1CC([C@H](O)C(=O)NC(CCC[C@@H](CC)C(O)CC2CCCC(C(=O)/C=C/C/C=C/C)O2)OCO)OC(C)[C@@H]1C. The Morgan fingerprint density at radius 3 is 2.59 bits per heavy atom. The maximum Gasteiger partial charge on any atom is 0.253 e. The quantitative estimate of drug-likeness (QED) is 0.115. The van der Waals surface area contributed by atoms with Crippen molar-refractivity contribution in [2.24, 2.45) is 11.8 Å². The van der Waals surface area contributed by atoms with Gasteiger partial charge in [-0.3, -0.25) is 9.59 Å². The standard InChI is InChI=1S/C32H53NO8/c1-6-8-9-10-15-26(35)28-16-12-14-25(41-28)19-27(36)24(7-2)13-11-17-30(39-20-34)33-32(38)31(37)29-18-21(3)22(4)23(5)40-29/h6,8,10,15,22-25,27-31,34,36-37H,3,7,9,11-14,16-20H2,1-2,4-5H3,(H,33,38)/b8-6+,15-10+/t22-,23?,24-,25?,27?,28?,29?,30?,31+/m1/s1. The molecule has 9 nitrogen and oxygen atoms in total. The van der Waals surface area contributed by atoms with Crippen LogP contribution >= 0.6 is 0 Å². The first-order valence-electron chi connectivity index (χ1n) is 15.3. The molecular weight excluding hydrogens is 526 g/mol. The molecule has 6 unspecified atom stereocenters. The van der Waals surface area contributed by atoms with Crippen molar-refractivity contribution in [3.05, 3.63) is 36.5 Å². The number of rotatable bonds is 17. The lowest BCUT2D eigenvalue weighted by Crippen LogP contribution is -2.50. The van der Waals surface area contributed by atoms with Gasteiger partial charge >= 0.3 is 0 Å². The van der Waals surface area contributed by atoms with Gasteiger partial charge in [-0.2, -0.15) is 0 Å². The third-order valence-corrected chi connectivity index (χ3v) is 8.47. The Bertz CT molecular complexity index is 874. The molecule has 0 radical (unpaired) electrons. The van der Waals surface area contributed by atoms with Gasteiger partial charge in [0.25, 0.3) is 5.91 Å². The lowest BCUT2D eigenvalue weighted by molar-refractivity contribution is -0.153. The maximum absolute atomic E-state index is 12.7. The van der Waals surface area contributed by atoms with E-state index in [-0.39, 0.29) is 29.8 Å². The third kappa shape index (κ3) is 11.7. The largest absolute Gasteiger partial charge is 0.393 e. The molecule has 0 spiro atoms. The molecular formula is C32H53NO8. The number of aliphatic hydroxyl groups excluding tert-OH is 3. The lowest BCUT2D eigenvalue weighted by Gasteiger charge is -2.36. The highest BCUT2D eigenvalue weighted by molar-refractivity contribution is 5.93. The van der Waals surface area contributed by atoms with E-state index in [1.807, 2.05) is 45.9 Å². The number of ketones is 1. The van der Waals surface area contributed by atoms with E-state index in [0.29, 0.717) is 44.9 Å². The van der Waals surface area contributed by atoms with Crippen molar-refractivity contribution in [3.8, 4) is 0 Å². The van der Waals surface area contributed by atoms with Gasteiger partial charge in [-0.1, -0.05) is 50.6 Å². The van der Waals surface area contributed by atoms with E-state index in [1.165, 1.54) is 0 Å². The highest BCUT2D eigenvalue weighted by Crippen LogP contribution is 2.30. The molecule has 4 N–H and O–H groups in total. The Morgan fingerprint density at radius 1 is 1.17 bits per heavy atom. The number of ether oxygens (including phenoxy) is 3. The Kier molecular flexibility index (Phi) is 16.0. The van der Waals surface area contributed by atoms with Crippen molar-refractivity contribution in [2.75, 3.05) is 6.79 Å². The van der Waals surface area contributed by atoms with Crippen LogP contribution in [-0.4, -0.2) is 76.7 Å². The lowest BCUT2D eigenvalue weighted by atomic mass is 9.87. The predicted molar refractivity (Wildman–Crippen MR) is 158 cm³/mol. The molecule has 2 fully saturated rings. The van der Waals surface area contributed by atoms with Crippen LogP contribution in [0, 0.1) is 11.8 Å². The van der Waals surface area contributed by atoms with E-state index in [0.717, 1.165) is 24.8 Å². The number of carbonyl (C=O) groups excluding carboxylic acids is 2. The average Bonchev–Trinajstić information content (AvgIpc) is 2.95. The second-order valence-electron chi connectivity index (χ2n) is 11.5. The van der Waals surface area contributed by atoms with E-state index in [2.05, 4.69) is 11.9 Å². The normalized spacial score (nSPS) is 28.5. The second-order valence-corrected chi connectivity index (χ2v) is 11.5. The molecule has 41 heavy (non-hydrogen) atoms. The fraction of sp³-hybridized carbons (Fsp3) is 0.750. The van der Waals surface area contributed by atoms with E-state index in [4.69, 9.17) is 14.2 Å². The molecule has 0 saturated carbocycles. The third-order valence-electron chi connectivity index (χ3n) is 8.47. The number of amides is 1. The van der Waals surface area contributed by atoms with E-state index in [1.54, 1.807) is 6.08 Å². The van der Waals surface area contributed by atoms with Crippen LogP contribution in [0.1, 0.15) is 91.9 Å². The highest BCUT2D eigenvalue weighted by Gasteiger charge is 2.36. The van der Waals surface area contributed by atoms with Crippen LogP contribution in [-0.2, 0) is 23.8 Å². The van der Waals surface area contributed by atoms with Gasteiger partial charge in [0.2, 0.25) is 0 Å². The van der Waals surface area contributed by atoms with E-state index in [9.17, 15) is 24.9 Å². The summed E-state index contributed by atoms with van der Waals surface area (Å²) in [6.45, 7) is 11.3. The molecule has 0 aliphatic carbocycles. The monoisotopic (exact) mass is 579 g/mol. The summed E-state index contributed by atoms with van der Waals surface area (Å²) in [5, 5.41) is 33.6. The maximum atomic E-state index is 12.7. The van der Waals surface area contributed by atoms with Crippen LogP contribution in [0.15, 0.2) is 36.5 Å². The molecule has 0 aromatic heterocycles. The minimum atomic E-state index is -1.38. The smallest absolute Gasteiger partial charge is 0.253 e.